The van der Waals surface area contributed by atoms with E-state index in [2.05, 4.69) is 5.32 Å². The molecular formula is C23H19N3O4. The van der Waals surface area contributed by atoms with Gasteiger partial charge in [-0.25, -0.2) is 4.79 Å². The number of anilines is 1. The summed E-state index contributed by atoms with van der Waals surface area (Å²) in [6.45, 7) is 0. The topological polar surface area (TPSA) is 82.3 Å². The molecule has 1 aliphatic carbocycles. The molecule has 5 rings (SSSR count). The smallest absolute Gasteiger partial charge is 0.332 e. The lowest BCUT2D eigenvalue weighted by molar-refractivity contribution is 0.103. The van der Waals surface area contributed by atoms with Crippen LogP contribution in [-0.2, 0) is 14.1 Å². The molecule has 2 heterocycles. The van der Waals surface area contributed by atoms with Crippen LogP contribution in [0.15, 0.2) is 63.7 Å². The number of allylic oxidation sites excluding steroid dienone is 1. The van der Waals surface area contributed by atoms with Crippen LogP contribution in [0.25, 0.3) is 5.70 Å². The minimum absolute atomic E-state index is 0.134. The average Bonchev–Trinajstić information content (AvgIpc) is 3.07. The van der Waals surface area contributed by atoms with Crippen molar-refractivity contribution in [3.63, 3.8) is 0 Å². The molecule has 150 valence electrons. The van der Waals surface area contributed by atoms with Gasteiger partial charge in [-0.2, -0.15) is 0 Å². The number of rotatable bonds is 2. The SMILES string of the molecule is COc1ccccc1[C@H]1C2=C(Nc3c1c(=O)n(C)c(=O)n3C)c1ccccc1C2=O. The molecule has 0 spiro atoms. The zero-order valence-corrected chi connectivity index (χ0v) is 16.7. The summed E-state index contributed by atoms with van der Waals surface area (Å²) in [6, 6.07) is 14.7. The molecule has 7 heteroatoms. The lowest BCUT2D eigenvalue weighted by atomic mass is 9.81. The minimum atomic E-state index is -0.669. The second-order valence-corrected chi connectivity index (χ2v) is 7.43. The first-order valence-corrected chi connectivity index (χ1v) is 9.53. The van der Waals surface area contributed by atoms with Gasteiger partial charge in [0.25, 0.3) is 5.56 Å². The first kappa shape index (κ1) is 18.2. The molecule has 0 radical (unpaired) electrons. The number of benzene rings is 2. The lowest BCUT2D eigenvalue weighted by Gasteiger charge is -2.30. The standard InChI is InChI=1S/C23H19N3O4/c1-25-21-18(22(28)26(2)23(25)29)16(14-10-6-7-11-15(14)30-3)17-19(24-21)12-8-4-5-9-13(12)20(17)27/h4-11,16,24H,1-3H3/t16-/m0/s1. The molecule has 1 atom stereocenters. The van der Waals surface area contributed by atoms with Gasteiger partial charge >= 0.3 is 5.69 Å². The van der Waals surface area contributed by atoms with E-state index in [0.717, 1.165) is 10.1 Å². The van der Waals surface area contributed by atoms with E-state index in [1.54, 1.807) is 26.3 Å². The number of carbonyl (C=O) groups is 1. The fraction of sp³-hybridized carbons (Fsp3) is 0.174. The number of para-hydroxylation sites is 1. The van der Waals surface area contributed by atoms with E-state index in [1.165, 1.54) is 11.6 Å². The van der Waals surface area contributed by atoms with Gasteiger partial charge in [-0.05, 0) is 6.07 Å². The Hall–Kier alpha value is -3.87. The number of ether oxygens (including phenoxy) is 1. The maximum absolute atomic E-state index is 13.5. The van der Waals surface area contributed by atoms with Gasteiger partial charge < -0.3 is 10.1 Å². The third-order valence-corrected chi connectivity index (χ3v) is 5.93. The number of nitrogens with one attached hydrogen (secondary N) is 1. The highest BCUT2D eigenvalue weighted by Gasteiger charge is 2.43. The average molecular weight is 401 g/mol. The summed E-state index contributed by atoms with van der Waals surface area (Å²) in [4.78, 5) is 39.3. The summed E-state index contributed by atoms with van der Waals surface area (Å²) >= 11 is 0. The van der Waals surface area contributed by atoms with Gasteiger partial charge in [-0.1, -0.05) is 42.5 Å². The Balaban J connectivity index is 1.92. The van der Waals surface area contributed by atoms with Crippen LogP contribution in [0.2, 0.25) is 0 Å². The summed E-state index contributed by atoms with van der Waals surface area (Å²) in [5.74, 6) is 0.160. The van der Waals surface area contributed by atoms with Crippen molar-refractivity contribution in [1.29, 1.82) is 0 Å². The fourth-order valence-corrected chi connectivity index (χ4v) is 4.47. The van der Waals surface area contributed by atoms with Gasteiger partial charge in [0.1, 0.15) is 11.6 Å². The summed E-state index contributed by atoms with van der Waals surface area (Å²) in [6.07, 6.45) is 0. The lowest BCUT2D eigenvalue weighted by Crippen LogP contribution is -2.42. The van der Waals surface area contributed by atoms with E-state index in [4.69, 9.17) is 4.74 Å². The highest BCUT2D eigenvalue weighted by Crippen LogP contribution is 2.49. The molecule has 2 aromatic carbocycles. The Bertz CT molecular complexity index is 1390. The molecule has 1 N–H and O–H groups in total. The summed E-state index contributed by atoms with van der Waals surface area (Å²) < 4.78 is 8.05. The van der Waals surface area contributed by atoms with Crippen LogP contribution in [0.5, 0.6) is 5.75 Å². The van der Waals surface area contributed by atoms with Crippen LogP contribution in [0, 0.1) is 0 Å². The third kappa shape index (κ3) is 2.23. The third-order valence-electron chi connectivity index (χ3n) is 5.93. The van der Waals surface area contributed by atoms with E-state index in [0.29, 0.717) is 39.5 Å². The van der Waals surface area contributed by atoms with Gasteiger partial charge in [0, 0.05) is 36.4 Å². The summed E-state index contributed by atoms with van der Waals surface area (Å²) in [5, 5.41) is 3.23. The van der Waals surface area contributed by atoms with Gasteiger partial charge in [0.05, 0.1) is 24.3 Å². The number of aromatic nitrogens is 2. The van der Waals surface area contributed by atoms with Crippen molar-refractivity contribution >= 4 is 17.3 Å². The zero-order valence-electron chi connectivity index (χ0n) is 16.7. The molecule has 0 saturated heterocycles. The number of Topliss-reactive ketones (excluding diaryl/α,β-unsaturated/α-hetero) is 1. The number of fused-ring (bicyclic) bond motifs is 3. The molecular weight excluding hydrogens is 382 g/mol. The molecule has 0 unspecified atom stereocenters. The first-order valence-electron chi connectivity index (χ1n) is 9.53. The molecule has 7 nitrogen and oxygen atoms in total. The molecule has 3 aromatic rings. The Morgan fingerprint density at radius 1 is 0.900 bits per heavy atom. The van der Waals surface area contributed by atoms with Crippen molar-refractivity contribution in [2.24, 2.45) is 14.1 Å². The van der Waals surface area contributed by atoms with Gasteiger partial charge in [0.2, 0.25) is 0 Å². The number of nitrogens with zero attached hydrogens (tertiary/aromatic N) is 2. The van der Waals surface area contributed by atoms with Crippen molar-refractivity contribution in [3.8, 4) is 5.75 Å². The normalized spacial score (nSPS) is 16.6. The Kier molecular flexibility index (Phi) is 3.83. The highest BCUT2D eigenvalue weighted by molar-refractivity contribution is 6.23. The van der Waals surface area contributed by atoms with Crippen LogP contribution in [0.4, 0.5) is 5.82 Å². The highest BCUT2D eigenvalue weighted by atomic mass is 16.5. The maximum Gasteiger partial charge on any atom is 0.332 e. The van der Waals surface area contributed by atoms with Crippen molar-refractivity contribution < 1.29 is 9.53 Å². The molecule has 0 bridgehead atoms. The Morgan fingerprint density at radius 2 is 1.57 bits per heavy atom. The van der Waals surface area contributed by atoms with E-state index in [9.17, 15) is 14.4 Å². The molecule has 30 heavy (non-hydrogen) atoms. The van der Waals surface area contributed by atoms with Gasteiger partial charge in [-0.15, -0.1) is 0 Å². The van der Waals surface area contributed by atoms with Crippen molar-refractivity contribution in [1.82, 2.24) is 9.13 Å². The molecule has 1 aromatic heterocycles. The van der Waals surface area contributed by atoms with Gasteiger partial charge in [0.15, 0.2) is 5.78 Å². The van der Waals surface area contributed by atoms with Gasteiger partial charge in [-0.3, -0.25) is 18.7 Å². The second kappa shape index (κ2) is 6.32. The molecule has 0 amide bonds. The van der Waals surface area contributed by atoms with E-state index in [1.807, 2.05) is 36.4 Å². The predicted molar refractivity (Wildman–Crippen MR) is 113 cm³/mol. The Morgan fingerprint density at radius 3 is 2.30 bits per heavy atom. The predicted octanol–water partition coefficient (Wildman–Crippen LogP) is 2.26. The molecule has 2 aliphatic rings. The van der Waals surface area contributed by atoms with E-state index >= 15 is 0 Å². The summed E-state index contributed by atoms with van der Waals surface area (Å²) in [5.41, 5.74) is 2.63. The van der Waals surface area contributed by atoms with Crippen molar-refractivity contribution in [3.05, 3.63) is 97.2 Å². The first-order chi connectivity index (χ1) is 14.5. The van der Waals surface area contributed by atoms with Crippen molar-refractivity contribution in [2.45, 2.75) is 5.92 Å². The van der Waals surface area contributed by atoms with Crippen LogP contribution in [0.3, 0.4) is 0 Å². The number of hydrogen-bond acceptors (Lipinski definition) is 5. The van der Waals surface area contributed by atoms with E-state index < -0.39 is 17.2 Å². The largest absolute Gasteiger partial charge is 0.496 e. The monoisotopic (exact) mass is 401 g/mol. The fourth-order valence-electron chi connectivity index (χ4n) is 4.47. The summed E-state index contributed by atoms with van der Waals surface area (Å²) in [7, 11) is 4.61. The minimum Gasteiger partial charge on any atom is -0.496 e. The van der Waals surface area contributed by atoms with Crippen LogP contribution < -0.4 is 21.3 Å². The van der Waals surface area contributed by atoms with Crippen molar-refractivity contribution in [2.75, 3.05) is 12.4 Å². The zero-order chi connectivity index (χ0) is 21.2. The molecule has 0 fully saturated rings. The molecule has 1 aliphatic heterocycles. The maximum atomic E-state index is 13.5. The Labute approximate surface area is 171 Å². The number of methoxy groups -OCH3 is 1. The van der Waals surface area contributed by atoms with Crippen LogP contribution >= 0.6 is 0 Å². The number of hydrogen-bond donors (Lipinski definition) is 1. The quantitative estimate of drug-likeness (QED) is 0.712. The van der Waals surface area contributed by atoms with Crippen LogP contribution in [0.1, 0.15) is 33.0 Å². The van der Waals surface area contributed by atoms with Crippen LogP contribution in [-0.4, -0.2) is 22.0 Å². The number of ketones is 1. The molecule has 0 saturated carbocycles. The second-order valence-electron chi connectivity index (χ2n) is 7.43. The number of carbonyl (C=O) groups excluding carboxylic acids is 1. The van der Waals surface area contributed by atoms with E-state index in [-0.39, 0.29) is 5.78 Å².